The topological polar surface area (TPSA) is 42.4 Å². The summed E-state index contributed by atoms with van der Waals surface area (Å²) in [7, 11) is 2.01. The van der Waals surface area contributed by atoms with E-state index in [2.05, 4.69) is 11.5 Å². The van der Waals surface area contributed by atoms with Crippen molar-refractivity contribution in [3.63, 3.8) is 0 Å². The lowest BCUT2D eigenvalue weighted by Gasteiger charge is -2.21. The fourth-order valence-corrected chi connectivity index (χ4v) is 4.28. The molecule has 0 bridgehead atoms. The Morgan fingerprint density at radius 3 is 2.89 bits per heavy atom. The van der Waals surface area contributed by atoms with Crippen molar-refractivity contribution in [3.05, 3.63) is 70.4 Å². The van der Waals surface area contributed by atoms with Crippen LogP contribution >= 0.6 is 0 Å². The Bertz CT molecular complexity index is 1050. The summed E-state index contributed by atoms with van der Waals surface area (Å²) in [6.07, 6.45) is 8.65. The van der Waals surface area contributed by atoms with Crippen LogP contribution in [0.5, 0.6) is 0 Å². The Hall–Kier alpha value is -2.95. The number of rotatable bonds is 5. The maximum Gasteiger partial charge on any atom is 0.149 e. The van der Waals surface area contributed by atoms with Crippen molar-refractivity contribution >= 4 is 22.9 Å². The lowest BCUT2D eigenvalue weighted by molar-refractivity contribution is -0.105. The number of halogens is 1. The van der Waals surface area contributed by atoms with Crippen molar-refractivity contribution < 1.29 is 13.9 Å². The molecule has 0 saturated carbocycles. The van der Waals surface area contributed by atoms with Gasteiger partial charge in [0.25, 0.3) is 0 Å². The zero-order chi connectivity index (χ0) is 19.8. The van der Waals surface area contributed by atoms with Gasteiger partial charge >= 0.3 is 0 Å². The number of allylic oxidation sites excluding steroid dienone is 2. The maximum absolute atomic E-state index is 14.5. The largest absolute Gasteiger partial charge is 0.497 e. The molecule has 144 valence electrons. The molecule has 1 aromatic carbocycles. The van der Waals surface area contributed by atoms with Crippen LogP contribution in [0, 0.1) is 12.7 Å². The van der Waals surface area contributed by atoms with Crippen LogP contribution in [0.15, 0.2) is 36.6 Å². The Morgan fingerprint density at radius 2 is 2.14 bits per heavy atom. The van der Waals surface area contributed by atoms with Gasteiger partial charge in [0.05, 0.1) is 23.2 Å². The van der Waals surface area contributed by atoms with Crippen LogP contribution in [0.4, 0.5) is 4.39 Å². The lowest BCUT2D eigenvalue weighted by atomic mass is 9.85. The van der Waals surface area contributed by atoms with Gasteiger partial charge in [-0.1, -0.05) is 12.7 Å². The molecule has 0 unspecified atom stereocenters. The van der Waals surface area contributed by atoms with Crippen LogP contribution in [0.3, 0.4) is 0 Å². The highest BCUT2D eigenvalue weighted by atomic mass is 19.1. The molecule has 0 atom stereocenters. The van der Waals surface area contributed by atoms with E-state index in [1.165, 1.54) is 17.4 Å². The molecule has 0 amide bonds. The zero-order valence-corrected chi connectivity index (χ0v) is 16.2. The average molecular weight is 378 g/mol. The van der Waals surface area contributed by atoms with E-state index < -0.39 is 0 Å². The van der Waals surface area contributed by atoms with Crippen molar-refractivity contribution in [3.8, 4) is 0 Å². The van der Waals surface area contributed by atoms with Crippen molar-refractivity contribution in [1.29, 1.82) is 0 Å². The molecule has 2 aliphatic rings. The van der Waals surface area contributed by atoms with Gasteiger partial charge in [0, 0.05) is 36.2 Å². The van der Waals surface area contributed by atoms with Gasteiger partial charge < -0.3 is 9.64 Å². The van der Waals surface area contributed by atoms with Crippen LogP contribution < -0.4 is 0 Å². The van der Waals surface area contributed by atoms with E-state index in [1.807, 2.05) is 20.0 Å². The molecule has 2 aromatic rings. The van der Waals surface area contributed by atoms with Gasteiger partial charge in [0.2, 0.25) is 0 Å². The minimum Gasteiger partial charge on any atom is -0.497 e. The molecule has 4 nitrogen and oxygen atoms in total. The van der Waals surface area contributed by atoms with E-state index in [-0.39, 0.29) is 12.4 Å². The van der Waals surface area contributed by atoms with E-state index in [0.717, 1.165) is 65.5 Å². The highest BCUT2D eigenvalue weighted by Gasteiger charge is 2.29. The van der Waals surface area contributed by atoms with Gasteiger partial charge in [-0.3, -0.25) is 4.79 Å². The molecule has 5 heteroatoms. The molecular formula is C23H23FN2O2. The first-order valence-corrected chi connectivity index (χ1v) is 9.48. The lowest BCUT2D eigenvalue weighted by Crippen LogP contribution is -2.10. The summed E-state index contributed by atoms with van der Waals surface area (Å²) in [6, 6.07) is 1.56. The average Bonchev–Trinajstić information content (AvgIpc) is 3.01. The molecule has 0 spiro atoms. The molecule has 28 heavy (non-hydrogen) atoms. The zero-order valence-electron chi connectivity index (χ0n) is 16.2. The van der Waals surface area contributed by atoms with E-state index >= 15 is 0 Å². The minimum absolute atomic E-state index is 0.178. The Labute approximate surface area is 164 Å². The van der Waals surface area contributed by atoms with E-state index in [0.29, 0.717) is 5.57 Å². The fraction of sp³-hybridized carbons (Fsp3) is 0.304. The van der Waals surface area contributed by atoms with E-state index in [4.69, 9.17) is 9.72 Å². The van der Waals surface area contributed by atoms with Gasteiger partial charge in [-0.05, 0) is 49.0 Å². The number of carbonyl (C=O) groups is 1. The van der Waals surface area contributed by atoms with E-state index in [9.17, 15) is 9.18 Å². The third kappa shape index (κ3) is 2.91. The SMILES string of the molecule is C=COC/C(C=O)=C/C=C1/c2nc3cc(F)c(C)c4c3c(c2CN1C)CCC4. The second-order valence-electron chi connectivity index (χ2n) is 7.37. The number of carbonyl (C=O) groups excluding carboxylic acids is 1. The highest BCUT2D eigenvalue weighted by molar-refractivity contribution is 5.92. The molecule has 1 aromatic heterocycles. The van der Waals surface area contributed by atoms with Crippen LogP contribution in [-0.4, -0.2) is 29.8 Å². The molecule has 1 aliphatic carbocycles. The van der Waals surface area contributed by atoms with E-state index in [1.54, 1.807) is 12.1 Å². The number of fused-ring (bicyclic) bond motifs is 2. The predicted octanol–water partition coefficient (Wildman–Crippen LogP) is 4.24. The number of aryl methyl sites for hydroxylation is 2. The summed E-state index contributed by atoms with van der Waals surface area (Å²) in [5, 5.41) is 1.14. The second-order valence-corrected chi connectivity index (χ2v) is 7.37. The van der Waals surface area contributed by atoms with Crippen LogP contribution in [0.25, 0.3) is 16.6 Å². The summed E-state index contributed by atoms with van der Waals surface area (Å²) in [5.41, 5.74) is 7.43. The highest BCUT2D eigenvalue weighted by Crippen LogP contribution is 2.41. The molecule has 1 aliphatic heterocycles. The van der Waals surface area contributed by atoms with Crippen molar-refractivity contribution in [2.24, 2.45) is 0 Å². The molecule has 2 heterocycles. The summed E-state index contributed by atoms with van der Waals surface area (Å²) in [4.78, 5) is 18.2. The number of ether oxygens (including phenoxy) is 1. The van der Waals surface area contributed by atoms with Crippen LogP contribution in [-0.2, 0) is 28.9 Å². The summed E-state index contributed by atoms with van der Waals surface area (Å²) in [6.45, 7) is 6.30. The standard InChI is InChI=1S/C23H23FN2O2/c1-4-28-13-15(12-27)8-9-21-23-18(11-26(21)3)17-7-5-6-16-14(2)19(24)10-20(25-23)22(16)17/h4,8-10,12H,1,5-7,11,13H2,2-3H3/b15-8+,21-9-. The summed E-state index contributed by atoms with van der Waals surface area (Å²) in [5.74, 6) is -0.190. The minimum atomic E-state index is -0.190. The Balaban J connectivity index is 1.88. The molecule has 0 radical (unpaired) electrons. The predicted molar refractivity (Wildman–Crippen MR) is 108 cm³/mol. The van der Waals surface area contributed by atoms with Gasteiger partial charge in [-0.25, -0.2) is 9.37 Å². The number of aldehydes is 1. The molecule has 0 saturated heterocycles. The third-order valence-corrected chi connectivity index (χ3v) is 5.69. The maximum atomic E-state index is 14.5. The number of hydrogen-bond acceptors (Lipinski definition) is 4. The molecular weight excluding hydrogens is 355 g/mol. The van der Waals surface area contributed by atoms with Crippen LogP contribution in [0.1, 0.15) is 34.4 Å². The Kier molecular flexibility index (Phi) is 4.75. The van der Waals surface area contributed by atoms with Gasteiger partial charge in [-0.15, -0.1) is 0 Å². The van der Waals surface area contributed by atoms with Gasteiger partial charge in [0.15, 0.2) is 0 Å². The first-order chi connectivity index (χ1) is 13.5. The van der Waals surface area contributed by atoms with Gasteiger partial charge in [0.1, 0.15) is 18.7 Å². The molecule has 4 rings (SSSR count). The Morgan fingerprint density at radius 1 is 1.36 bits per heavy atom. The number of benzene rings is 1. The fourth-order valence-electron chi connectivity index (χ4n) is 4.28. The quantitative estimate of drug-likeness (QED) is 0.443. The first-order valence-electron chi connectivity index (χ1n) is 9.48. The van der Waals surface area contributed by atoms with Crippen molar-refractivity contribution in [2.45, 2.75) is 32.7 Å². The first kappa shape index (κ1) is 18.4. The number of aromatic nitrogens is 1. The number of pyridine rings is 1. The van der Waals surface area contributed by atoms with Crippen molar-refractivity contribution in [2.75, 3.05) is 13.7 Å². The second kappa shape index (κ2) is 7.23. The normalized spacial score (nSPS) is 17.2. The smallest absolute Gasteiger partial charge is 0.149 e. The van der Waals surface area contributed by atoms with Gasteiger partial charge in [-0.2, -0.15) is 0 Å². The van der Waals surface area contributed by atoms with Crippen molar-refractivity contribution in [1.82, 2.24) is 9.88 Å². The monoisotopic (exact) mass is 378 g/mol. The van der Waals surface area contributed by atoms with Crippen LogP contribution in [0.2, 0.25) is 0 Å². The molecule has 0 fully saturated rings. The number of hydrogen-bond donors (Lipinski definition) is 0. The summed E-state index contributed by atoms with van der Waals surface area (Å²) < 4.78 is 19.6. The summed E-state index contributed by atoms with van der Waals surface area (Å²) >= 11 is 0. The third-order valence-electron chi connectivity index (χ3n) is 5.69. The molecule has 0 N–H and O–H groups in total. The number of nitrogens with zero attached hydrogens (tertiary/aromatic N) is 2.